The summed E-state index contributed by atoms with van der Waals surface area (Å²) < 4.78 is 5.54. The Hall–Kier alpha value is -1.79. The molecule has 2 rings (SSSR count). The number of ether oxygens (including phenoxy) is 1. The Morgan fingerprint density at radius 1 is 1.50 bits per heavy atom. The molecule has 0 aromatic heterocycles. The summed E-state index contributed by atoms with van der Waals surface area (Å²) in [6.45, 7) is 0.768. The van der Waals surface area contributed by atoms with Crippen LogP contribution >= 0.6 is 0 Å². The number of terminal acetylenes is 1. The summed E-state index contributed by atoms with van der Waals surface area (Å²) in [4.78, 5) is 11.8. The maximum atomic E-state index is 11.8. The van der Waals surface area contributed by atoms with Crippen LogP contribution in [0.4, 0.5) is 5.69 Å². The van der Waals surface area contributed by atoms with E-state index in [0.29, 0.717) is 6.42 Å². The van der Waals surface area contributed by atoms with Gasteiger partial charge in [0.05, 0.1) is 12.5 Å². The van der Waals surface area contributed by atoms with Gasteiger partial charge in [0.25, 0.3) is 0 Å². The Balaban J connectivity index is 1.88. The van der Waals surface area contributed by atoms with E-state index in [1.54, 1.807) is 6.07 Å². The molecule has 1 fully saturated rings. The largest absolute Gasteiger partial charge is 0.378 e. The Labute approximate surface area is 108 Å². The van der Waals surface area contributed by atoms with E-state index in [-0.39, 0.29) is 12.0 Å². The second kappa shape index (κ2) is 6.23. The van der Waals surface area contributed by atoms with Gasteiger partial charge < -0.3 is 10.1 Å². The average Bonchev–Trinajstić information content (AvgIpc) is 2.40. The van der Waals surface area contributed by atoms with E-state index in [0.717, 1.165) is 37.1 Å². The molecule has 3 heteroatoms. The number of benzene rings is 1. The first-order valence-electron chi connectivity index (χ1n) is 6.26. The molecule has 1 amide bonds. The van der Waals surface area contributed by atoms with Gasteiger partial charge >= 0.3 is 0 Å². The first-order valence-corrected chi connectivity index (χ1v) is 6.26. The number of hydrogen-bond acceptors (Lipinski definition) is 2. The number of amides is 1. The molecule has 1 unspecified atom stereocenters. The number of carbonyl (C=O) groups is 1. The van der Waals surface area contributed by atoms with Crippen LogP contribution in [0.25, 0.3) is 0 Å². The van der Waals surface area contributed by atoms with Crippen LogP contribution in [-0.4, -0.2) is 18.6 Å². The van der Waals surface area contributed by atoms with Crippen LogP contribution in [0.15, 0.2) is 24.3 Å². The Bertz CT molecular complexity index is 456. The maximum Gasteiger partial charge on any atom is 0.226 e. The topological polar surface area (TPSA) is 38.3 Å². The van der Waals surface area contributed by atoms with Gasteiger partial charge in [0, 0.05) is 17.9 Å². The molecular weight excluding hydrogens is 226 g/mol. The van der Waals surface area contributed by atoms with Crippen molar-refractivity contribution in [3.8, 4) is 12.3 Å². The lowest BCUT2D eigenvalue weighted by atomic mass is 10.1. The summed E-state index contributed by atoms with van der Waals surface area (Å²) in [5.41, 5.74) is 1.51. The van der Waals surface area contributed by atoms with E-state index in [2.05, 4.69) is 11.2 Å². The van der Waals surface area contributed by atoms with Crippen LogP contribution in [0.3, 0.4) is 0 Å². The van der Waals surface area contributed by atoms with E-state index in [1.807, 2.05) is 18.2 Å². The van der Waals surface area contributed by atoms with Crippen molar-refractivity contribution in [2.45, 2.75) is 31.8 Å². The van der Waals surface area contributed by atoms with Gasteiger partial charge in [-0.1, -0.05) is 12.0 Å². The van der Waals surface area contributed by atoms with E-state index in [4.69, 9.17) is 11.2 Å². The smallest absolute Gasteiger partial charge is 0.226 e. The molecule has 18 heavy (non-hydrogen) atoms. The standard InChI is InChI=1S/C15H17NO2/c1-2-12-6-5-7-13(10-12)16-15(17)11-14-8-3-4-9-18-14/h1,5-7,10,14H,3-4,8-9,11H2,(H,16,17). The van der Waals surface area contributed by atoms with Gasteiger partial charge in [-0.3, -0.25) is 4.79 Å². The van der Waals surface area contributed by atoms with Gasteiger partial charge in [-0.25, -0.2) is 0 Å². The van der Waals surface area contributed by atoms with Crippen molar-refractivity contribution in [3.05, 3.63) is 29.8 Å². The molecule has 1 aromatic rings. The minimum Gasteiger partial charge on any atom is -0.378 e. The predicted octanol–water partition coefficient (Wildman–Crippen LogP) is 2.57. The van der Waals surface area contributed by atoms with Crippen molar-refractivity contribution in [2.24, 2.45) is 0 Å². The number of carbonyl (C=O) groups excluding carboxylic acids is 1. The van der Waals surface area contributed by atoms with Crippen molar-refractivity contribution in [1.82, 2.24) is 0 Å². The molecule has 1 aliphatic rings. The van der Waals surface area contributed by atoms with Gasteiger partial charge in [0.2, 0.25) is 5.91 Å². The highest BCUT2D eigenvalue weighted by atomic mass is 16.5. The molecular formula is C15H17NO2. The summed E-state index contributed by atoms with van der Waals surface area (Å²) in [6.07, 6.45) is 9.01. The maximum absolute atomic E-state index is 11.8. The monoisotopic (exact) mass is 243 g/mol. The van der Waals surface area contributed by atoms with Crippen LogP contribution in [0, 0.1) is 12.3 Å². The van der Waals surface area contributed by atoms with Crippen LogP contribution in [-0.2, 0) is 9.53 Å². The molecule has 0 aliphatic carbocycles. The molecule has 1 saturated heterocycles. The van der Waals surface area contributed by atoms with Gasteiger partial charge in [-0.2, -0.15) is 0 Å². The summed E-state index contributed by atoms with van der Waals surface area (Å²) in [5, 5.41) is 2.85. The lowest BCUT2D eigenvalue weighted by Gasteiger charge is -2.21. The van der Waals surface area contributed by atoms with E-state index in [1.165, 1.54) is 0 Å². The highest BCUT2D eigenvalue weighted by Gasteiger charge is 2.17. The molecule has 0 saturated carbocycles. The lowest BCUT2D eigenvalue weighted by molar-refractivity contribution is -0.119. The summed E-state index contributed by atoms with van der Waals surface area (Å²) >= 11 is 0. The number of nitrogens with one attached hydrogen (secondary N) is 1. The molecule has 0 spiro atoms. The third-order valence-corrected chi connectivity index (χ3v) is 3.00. The van der Waals surface area contributed by atoms with Crippen molar-refractivity contribution < 1.29 is 9.53 Å². The lowest BCUT2D eigenvalue weighted by Crippen LogP contribution is -2.25. The number of rotatable bonds is 3. The first kappa shape index (κ1) is 12.7. The quantitative estimate of drug-likeness (QED) is 0.829. The zero-order valence-corrected chi connectivity index (χ0v) is 10.3. The predicted molar refractivity (Wildman–Crippen MR) is 71.2 cm³/mol. The van der Waals surface area contributed by atoms with Gasteiger partial charge in [-0.15, -0.1) is 6.42 Å². The molecule has 94 valence electrons. The fourth-order valence-corrected chi connectivity index (χ4v) is 2.07. The minimum absolute atomic E-state index is 0.0175. The number of hydrogen-bond donors (Lipinski definition) is 1. The molecule has 0 radical (unpaired) electrons. The molecule has 0 bridgehead atoms. The van der Waals surface area contributed by atoms with Gasteiger partial charge in [0.1, 0.15) is 0 Å². The highest BCUT2D eigenvalue weighted by Crippen LogP contribution is 2.17. The van der Waals surface area contributed by atoms with Gasteiger partial charge in [-0.05, 0) is 37.5 Å². The Kier molecular flexibility index (Phi) is 4.38. The molecule has 1 N–H and O–H groups in total. The fourth-order valence-electron chi connectivity index (χ4n) is 2.07. The molecule has 1 heterocycles. The summed E-state index contributed by atoms with van der Waals surface area (Å²) in [6, 6.07) is 7.29. The summed E-state index contributed by atoms with van der Waals surface area (Å²) in [7, 11) is 0. The number of anilines is 1. The van der Waals surface area contributed by atoms with Crippen LogP contribution in [0.2, 0.25) is 0 Å². The van der Waals surface area contributed by atoms with Crippen LogP contribution < -0.4 is 5.32 Å². The average molecular weight is 243 g/mol. The van der Waals surface area contributed by atoms with Crippen molar-refractivity contribution in [3.63, 3.8) is 0 Å². The SMILES string of the molecule is C#Cc1cccc(NC(=O)CC2CCCCO2)c1. The fraction of sp³-hybridized carbons (Fsp3) is 0.400. The second-order valence-electron chi connectivity index (χ2n) is 4.47. The summed E-state index contributed by atoms with van der Waals surface area (Å²) in [5.74, 6) is 2.53. The van der Waals surface area contributed by atoms with Crippen LogP contribution in [0.1, 0.15) is 31.2 Å². The van der Waals surface area contributed by atoms with Crippen molar-refractivity contribution in [2.75, 3.05) is 11.9 Å². The normalized spacial score (nSPS) is 18.9. The Morgan fingerprint density at radius 2 is 2.39 bits per heavy atom. The minimum atomic E-state index is -0.0175. The zero-order chi connectivity index (χ0) is 12.8. The Morgan fingerprint density at radius 3 is 3.11 bits per heavy atom. The van der Waals surface area contributed by atoms with E-state index in [9.17, 15) is 4.79 Å². The molecule has 1 atom stereocenters. The third-order valence-electron chi connectivity index (χ3n) is 3.00. The van der Waals surface area contributed by atoms with E-state index < -0.39 is 0 Å². The van der Waals surface area contributed by atoms with Crippen molar-refractivity contribution in [1.29, 1.82) is 0 Å². The van der Waals surface area contributed by atoms with Crippen molar-refractivity contribution >= 4 is 11.6 Å². The van der Waals surface area contributed by atoms with Crippen LogP contribution in [0.5, 0.6) is 0 Å². The van der Waals surface area contributed by atoms with Gasteiger partial charge in [0.15, 0.2) is 0 Å². The third kappa shape index (κ3) is 3.61. The molecule has 3 nitrogen and oxygen atoms in total. The highest BCUT2D eigenvalue weighted by molar-refractivity contribution is 5.91. The van der Waals surface area contributed by atoms with E-state index >= 15 is 0 Å². The molecule has 1 aliphatic heterocycles. The first-order chi connectivity index (χ1) is 8.78. The zero-order valence-electron chi connectivity index (χ0n) is 10.3. The molecule has 1 aromatic carbocycles. The second-order valence-corrected chi connectivity index (χ2v) is 4.47.